The summed E-state index contributed by atoms with van der Waals surface area (Å²) in [6, 6.07) is 15.9. The third kappa shape index (κ3) is 4.33. The summed E-state index contributed by atoms with van der Waals surface area (Å²) >= 11 is 4.67. The number of fused-ring (bicyclic) bond motifs is 1. The number of nitriles is 1. The van der Waals surface area contributed by atoms with Gasteiger partial charge in [-0.1, -0.05) is 28.1 Å². The highest BCUT2D eigenvalue weighted by molar-refractivity contribution is 9.10. The molecule has 0 N–H and O–H groups in total. The number of allylic oxidation sites excluding steroid dienone is 1. The molecular formula is C23H13BrN2O4S. The summed E-state index contributed by atoms with van der Waals surface area (Å²) in [4.78, 5) is 28.5. The second-order valence-corrected chi connectivity index (χ2v) is 8.22. The lowest BCUT2D eigenvalue weighted by atomic mass is 10.1. The number of thiazole rings is 1. The van der Waals surface area contributed by atoms with E-state index < -0.39 is 11.6 Å². The first-order valence-electron chi connectivity index (χ1n) is 8.98. The van der Waals surface area contributed by atoms with Gasteiger partial charge in [0.2, 0.25) is 0 Å². The van der Waals surface area contributed by atoms with Gasteiger partial charge in [-0.2, -0.15) is 5.26 Å². The number of carbonyl (C=O) groups is 1. The number of esters is 1. The summed E-state index contributed by atoms with van der Waals surface area (Å²) in [6.45, 7) is 0. The molecule has 0 amide bonds. The first-order valence-corrected chi connectivity index (χ1v) is 10.7. The van der Waals surface area contributed by atoms with Crippen molar-refractivity contribution in [2.24, 2.45) is 0 Å². The highest BCUT2D eigenvalue weighted by Crippen LogP contribution is 2.28. The Labute approximate surface area is 189 Å². The van der Waals surface area contributed by atoms with Gasteiger partial charge in [0, 0.05) is 15.2 Å². The molecule has 0 aliphatic heterocycles. The number of halogens is 1. The molecule has 0 radical (unpaired) electrons. The van der Waals surface area contributed by atoms with Crippen molar-refractivity contribution in [2.75, 3.05) is 7.11 Å². The molecule has 4 aromatic rings. The van der Waals surface area contributed by atoms with E-state index in [0.29, 0.717) is 33.0 Å². The zero-order chi connectivity index (χ0) is 22.0. The predicted molar refractivity (Wildman–Crippen MR) is 123 cm³/mol. The molecule has 31 heavy (non-hydrogen) atoms. The third-order valence-electron chi connectivity index (χ3n) is 4.47. The van der Waals surface area contributed by atoms with E-state index in [2.05, 4.69) is 31.7 Å². The molecule has 2 aromatic heterocycles. The minimum Gasteiger partial charge on any atom is -0.465 e. The monoisotopic (exact) mass is 492 g/mol. The summed E-state index contributed by atoms with van der Waals surface area (Å²) in [5, 5.41) is 12.6. The zero-order valence-corrected chi connectivity index (χ0v) is 18.5. The van der Waals surface area contributed by atoms with Crippen molar-refractivity contribution in [3.05, 3.63) is 84.9 Å². The molecule has 0 saturated heterocycles. The Balaban J connectivity index is 1.69. The minimum absolute atomic E-state index is 0.327. The van der Waals surface area contributed by atoms with Crippen molar-refractivity contribution in [2.45, 2.75) is 0 Å². The molecule has 4 rings (SSSR count). The Morgan fingerprint density at radius 2 is 2.00 bits per heavy atom. The fourth-order valence-corrected chi connectivity index (χ4v) is 4.10. The number of carbonyl (C=O) groups excluding carboxylic acids is 1. The maximum Gasteiger partial charge on any atom is 0.345 e. The van der Waals surface area contributed by atoms with Gasteiger partial charge in [-0.25, -0.2) is 14.6 Å². The van der Waals surface area contributed by atoms with Crippen LogP contribution >= 0.6 is 27.3 Å². The molecule has 8 heteroatoms. The number of rotatable bonds is 4. The van der Waals surface area contributed by atoms with E-state index in [1.165, 1.54) is 18.4 Å². The number of ether oxygens (including phenoxy) is 1. The van der Waals surface area contributed by atoms with Gasteiger partial charge in [-0.3, -0.25) is 0 Å². The minimum atomic E-state index is -0.493. The lowest BCUT2D eigenvalue weighted by Gasteiger charge is -2.01. The Morgan fingerprint density at radius 1 is 1.23 bits per heavy atom. The third-order valence-corrected chi connectivity index (χ3v) is 5.84. The van der Waals surface area contributed by atoms with Crippen molar-refractivity contribution in [3.63, 3.8) is 0 Å². The highest BCUT2D eigenvalue weighted by atomic mass is 79.9. The maximum atomic E-state index is 12.4. The smallest absolute Gasteiger partial charge is 0.345 e. The number of hydrogen-bond acceptors (Lipinski definition) is 7. The van der Waals surface area contributed by atoms with Crippen LogP contribution < -0.4 is 5.63 Å². The molecule has 6 nitrogen and oxygen atoms in total. The Morgan fingerprint density at radius 3 is 2.71 bits per heavy atom. The van der Waals surface area contributed by atoms with Crippen molar-refractivity contribution in [1.29, 1.82) is 5.26 Å². The SMILES string of the molecule is COC(=O)c1ccc(/C=C(/C#N)c2nc(-c3cc4cc(Br)ccc4oc3=O)cs2)cc1. The number of nitrogens with zero attached hydrogens (tertiary/aromatic N) is 2. The fraction of sp³-hybridized carbons (Fsp3) is 0.0435. The van der Waals surface area contributed by atoms with E-state index in [4.69, 9.17) is 4.42 Å². The molecule has 0 spiro atoms. The summed E-state index contributed by atoms with van der Waals surface area (Å²) in [5.74, 6) is -0.429. The standard InChI is InChI=1S/C23H13BrN2O4S/c1-29-22(27)14-4-2-13(3-5-14)8-16(11-25)21-26-19(12-31-21)18-10-15-9-17(24)6-7-20(15)30-23(18)28/h2-10,12H,1H3/b16-8-. The van der Waals surface area contributed by atoms with Gasteiger partial charge in [-0.05, 0) is 48.0 Å². The fourth-order valence-electron chi connectivity index (χ4n) is 2.94. The van der Waals surface area contributed by atoms with E-state index in [0.717, 1.165) is 15.4 Å². The van der Waals surface area contributed by atoms with Crippen molar-refractivity contribution in [3.8, 4) is 17.3 Å². The summed E-state index contributed by atoms with van der Waals surface area (Å²) in [6.07, 6.45) is 1.67. The van der Waals surface area contributed by atoms with E-state index >= 15 is 0 Å². The van der Waals surface area contributed by atoms with Crippen LogP contribution in [0.5, 0.6) is 0 Å². The summed E-state index contributed by atoms with van der Waals surface area (Å²) in [5.41, 5.74) is 2.26. The first-order chi connectivity index (χ1) is 15.0. The normalized spacial score (nSPS) is 11.3. The molecule has 152 valence electrons. The molecule has 2 aromatic carbocycles. The van der Waals surface area contributed by atoms with Crippen LogP contribution in [0.15, 0.2) is 67.6 Å². The summed E-state index contributed by atoms with van der Waals surface area (Å²) in [7, 11) is 1.32. The van der Waals surface area contributed by atoms with Gasteiger partial charge in [-0.15, -0.1) is 11.3 Å². The first kappa shape index (κ1) is 20.7. The number of benzene rings is 2. The lowest BCUT2D eigenvalue weighted by molar-refractivity contribution is 0.0600. The zero-order valence-electron chi connectivity index (χ0n) is 16.1. The Hall–Kier alpha value is -3.54. The van der Waals surface area contributed by atoms with Crippen LogP contribution in [0.4, 0.5) is 0 Å². The van der Waals surface area contributed by atoms with Gasteiger partial charge in [0.15, 0.2) is 0 Å². The average Bonchev–Trinajstić information content (AvgIpc) is 3.27. The predicted octanol–water partition coefficient (Wildman–Crippen LogP) is 5.53. The number of hydrogen-bond donors (Lipinski definition) is 0. The Kier molecular flexibility index (Phi) is 5.80. The van der Waals surface area contributed by atoms with Crippen molar-refractivity contribution < 1.29 is 13.9 Å². The van der Waals surface area contributed by atoms with Crippen LogP contribution in [-0.2, 0) is 4.74 Å². The van der Waals surface area contributed by atoms with Gasteiger partial charge in [0.05, 0.1) is 29.5 Å². The maximum absolute atomic E-state index is 12.4. The van der Waals surface area contributed by atoms with E-state index in [-0.39, 0.29) is 0 Å². The van der Waals surface area contributed by atoms with Gasteiger partial charge in [0.1, 0.15) is 16.7 Å². The topological polar surface area (TPSA) is 93.2 Å². The van der Waals surface area contributed by atoms with Crippen LogP contribution in [0.2, 0.25) is 0 Å². The number of aromatic nitrogens is 1. The Bertz CT molecular complexity index is 1430. The van der Waals surface area contributed by atoms with Gasteiger partial charge >= 0.3 is 11.6 Å². The largest absolute Gasteiger partial charge is 0.465 e. The quantitative estimate of drug-likeness (QED) is 0.211. The highest BCUT2D eigenvalue weighted by Gasteiger charge is 2.14. The van der Waals surface area contributed by atoms with Crippen LogP contribution in [0, 0.1) is 11.3 Å². The van der Waals surface area contributed by atoms with Gasteiger partial charge < -0.3 is 9.15 Å². The van der Waals surface area contributed by atoms with Crippen LogP contribution in [0.3, 0.4) is 0 Å². The van der Waals surface area contributed by atoms with Crippen molar-refractivity contribution in [1.82, 2.24) is 4.98 Å². The second kappa shape index (κ2) is 8.68. The molecule has 2 heterocycles. The molecule has 0 saturated carbocycles. The van der Waals surface area contributed by atoms with E-state index in [1.807, 2.05) is 6.07 Å². The summed E-state index contributed by atoms with van der Waals surface area (Å²) < 4.78 is 11.0. The number of methoxy groups -OCH3 is 1. The molecule has 0 aliphatic rings. The van der Waals surface area contributed by atoms with Gasteiger partial charge in [0.25, 0.3) is 0 Å². The average molecular weight is 493 g/mol. The lowest BCUT2D eigenvalue weighted by Crippen LogP contribution is -2.03. The molecular weight excluding hydrogens is 480 g/mol. The second-order valence-electron chi connectivity index (χ2n) is 6.45. The van der Waals surface area contributed by atoms with Crippen LogP contribution in [0.1, 0.15) is 20.9 Å². The molecule has 0 bridgehead atoms. The molecule has 0 aliphatic carbocycles. The molecule has 0 unspecified atom stereocenters. The van der Waals surface area contributed by atoms with Crippen LogP contribution in [0.25, 0.3) is 33.9 Å². The van der Waals surface area contributed by atoms with E-state index in [9.17, 15) is 14.9 Å². The molecule has 0 fully saturated rings. The molecule has 0 atom stereocenters. The van der Waals surface area contributed by atoms with Crippen molar-refractivity contribution >= 4 is 55.9 Å². The van der Waals surface area contributed by atoms with E-state index in [1.54, 1.807) is 53.9 Å². The van der Waals surface area contributed by atoms with Crippen LogP contribution in [-0.4, -0.2) is 18.1 Å².